The molecular formula is C8H14S. The van der Waals surface area contributed by atoms with E-state index in [4.69, 9.17) is 0 Å². The van der Waals surface area contributed by atoms with Crippen molar-refractivity contribution in [3.63, 3.8) is 0 Å². The van der Waals surface area contributed by atoms with Crippen molar-refractivity contribution in [3.05, 3.63) is 0 Å². The van der Waals surface area contributed by atoms with Crippen molar-refractivity contribution in [1.82, 2.24) is 0 Å². The molecule has 0 aromatic rings. The summed E-state index contributed by atoms with van der Waals surface area (Å²) in [6.07, 6.45) is 3.05. The van der Waals surface area contributed by atoms with Crippen LogP contribution in [0.25, 0.3) is 0 Å². The monoisotopic (exact) mass is 142 g/mol. The van der Waals surface area contributed by atoms with Crippen molar-refractivity contribution in [1.29, 1.82) is 0 Å². The van der Waals surface area contributed by atoms with Crippen LogP contribution in [0.2, 0.25) is 0 Å². The highest BCUT2D eigenvalue weighted by Gasteiger charge is 2.35. The lowest BCUT2D eigenvalue weighted by Gasteiger charge is -2.03. The summed E-state index contributed by atoms with van der Waals surface area (Å²) in [6, 6.07) is 0. The lowest BCUT2D eigenvalue weighted by molar-refractivity contribution is 0.494. The molecule has 0 bridgehead atoms. The van der Waals surface area contributed by atoms with Crippen molar-refractivity contribution in [2.75, 3.05) is 11.5 Å². The van der Waals surface area contributed by atoms with Crippen LogP contribution in [0.1, 0.15) is 19.8 Å². The van der Waals surface area contributed by atoms with E-state index < -0.39 is 0 Å². The second kappa shape index (κ2) is 2.19. The summed E-state index contributed by atoms with van der Waals surface area (Å²) in [6.45, 7) is 2.41. The van der Waals surface area contributed by atoms with Gasteiger partial charge >= 0.3 is 0 Å². The van der Waals surface area contributed by atoms with E-state index in [0.29, 0.717) is 0 Å². The standard InChI is InChI=1S/C8H14S/c1-6-2-7-4-9-5-8(7)3-6/h6-8H,2-5H2,1H3. The van der Waals surface area contributed by atoms with Gasteiger partial charge in [-0.25, -0.2) is 0 Å². The van der Waals surface area contributed by atoms with E-state index in [1.165, 1.54) is 24.3 Å². The van der Waals surface area contributed by atoms with Gasteiger partial charge in [0.25, 0.3) is 0 Å². The predicted octanol–water partition coefficient (Wildman–Crippen LogP) is 2.40. The molecule has 2 aliphatic rings. The molecule has 2 fully saturated rings. The highest BCUT2D eigenvalue weighted by molar-refractivity contribution is 7.99. The maximum absolute atomic E-state index is 2.41. The molecule has 2 rings (SSSR count). The van der Waals surface area contributed by atoms with Crippen molar-refractivity contribution < 1.29 is 0 Å². The molecule has 0 amide bonds. The van der Waals surface area contributed by atoms with Gasteiger partial charge in [-0.15, -0.1) is 0 Å². The number of hydrogen-bond acceptors (Lipinski definition) is 1. The summed E-state index contributed by atoms with van der Waals surface area (Å²) in [5.74, 6) is 6.21. The van der Waals surface area contributed by atoms with Gasteiger partial charge in [-0.3, -0.25) is 0 Å². The fourth-order valence-corrected chi connectivity index (χ4v) is 3.85. The minimum absolute atomic E-state index is 1.04. The van der Waals surface area contributed by atoms with E-state index in [1.54, 1.807) is 0 Å². The van der Waals surface area contributed by atoms with Gasteiger partial charge in [0.2, 0.25) is 0 Å². The minimum atomic E-state index is 1.04. The second-order valence-electron chi connectivity index (χ2n) is 3.63. The Kier molecular flexibility index (Phi) is 1.48. The Bertz CT molecular complexity index is 99.1. The summed E-state index contributed by atoms with van der Waals surface area (Å²) in [4.78, 5) is 0. The van der Waals surface area contributed by atoms with Gasteiger partial charge in [-0.1, -0.05) is 6.92 Å². The van der Waals surface area contributed by atoms with Crippen molar-refractivity contribution >= 4 is 11.8 Å². The van der Waals surface area contributed by atoms with Crippen LogP contribution in [0.5, 0.6) is 0 Å². The molecule has 0 N–H and O–H groups in total. The molecule has 1 saturated heterocycles. The molecule has 0 aromatic heterocycles. The number of hydrogen-bond donors (Lipinski definition) is 0. The van der Waals surface area contributed by atoms with Gasteiger partial charge in [-0.05, 0) is 42.1 Å². The summed E-state index contributed by atoms with van der Waals surface area (Å²) in [5, 5.41) is 0. The molecule has 0 radical (unpaired) electrons. The zero-order valence-electron chi connectivity index (χ0n) is 5.97. The molecule has 1 saturated carbocycles. The molecule has 1 heterocycles. The van der Waals surface area contributed by atoms with Gasteiger partial charge in [-0.2, -0.15) is 11.8 Å². The summed E-state index contributed by atoms with van der Waals surface area (Å²) in [5.41, 5.74) is 0. The second-order valence-corrected chi connectivity index (χ2v) is 4.71. The first-order valence-corrected chi connectivity index (χ1v) is 5.09. The third-order valence-corrected chi connectivity index (χ3v) is 4.07. The third-order valence-electron chi connectivity index (χ3n) is 2.74. The molecule has 2 unspecified atom stereocenters. The van der Waals surface area contributed by atoms with E-state index in [1.807, 2.05) is 0 Å². The maximum Gasteiger partial charge on any atom is -0.00360 e. The maximum atomic E-state index is 2.41. The number of rotatable bonds is 0. The molecular weight excluding hydrogens is 128 g/mol. The van der Waals surface area contributed by atoms with Gasteiger partial charge in [0, 0.05) is 0 Å². The lowest BCUT2D eigenvalue weighted by atomic mass is 10.0. The molecule has 2 atom stereocenters. The van der Waals surface area contributed by atoms with Crippen molar-refractivity contribution in [3.8, 4) is 0 Å². The largest absolute Gasteiger partial charge is 0.161 e. The van der Waals surface area contributed by atoms with Gasteiger partial charge in [0.15, 0.2) is 0 Å². The normalized spacial score (nSPS) is 49.7. The molecule has 0 aromatic carbocycles. The van der Waals surface area contributed by atoms with Crippen LogP contribution in [-0.2, 0) is 0 Å². The average Bonchev–Trinajstić information content (AvgIpc) is 2.22. The quantitative estimate of drug-likeness (QED) is 0.500. The number of thioether (sulfide) groups is 1. The Hall–Kier alpha value is 0.350. The number of fused-ring (bicyclic) bond motifs is 1. The van der Waals surface area contributed by atoms with Crippen molar-refractivity contribution in [2.45, 2.75) is 19.8 Å². The van der Waals surface area contributed by atoms with Crippen molar-refractivity contribution in [2.24, 2.45) is 17.8 Å². The topological polar surface area (TPSA) is 0 Å². The Balaban J connectivity index is 2.02. The first kappa shape index (κ1) is 6.09. The first-order valence-electron chi connectivity index (χ1n) is 3.94. The molecule has 9 heavy (non-hydrogen) atoms. The third kappa shape index (κ3) is 1.000. The average molecular weight is 142 g/mol. The SMILES string of the molecule is CC1CC2CSCC2C1. The van der Waals surface area contributed by atoms with Crippen LogP contribution in [-0.4, -0.2) is 11.5 Å². The molecule has 1 heteroatoms. The van der Waals surface area contributed by atoms with E-state index >= 15 is 0 Å². The van der Waals surface area contributed by atoms with Crippen LogP contribution in [0.15, 0.2) is 0 Å². The van der Waals surface area contributed by atoms with Gasteiger partial charge in [0.05, 0.1) is 0 Å². The molecule has 0 nitrogen and oxygen atoms in total. The van der Waals surface area contributed by atoms with E-state index in [2.05, 4.69) is 18.7 Å². The molecule has 0 spiro atoms. The lowest BCUT2D eigenvalue weighted by Crippen LogP contribution is -2.01. The fourth-order valence-electron chi connectivity index (χ4n) is 2.29. The minimum Gasteiger partial charge on any atom is -0.161 e. The fraction of sp³-hybridized carbons (Fsp3) is 1.00. The smallest absolute Gasteiger partial charge is 0.00360 e. The van der Waals surface area contributed by atoms with Crippen LogP contribution < -0.4 is 0 Å². The predicted molar refractivity (Wildman–Crippen MR) is 42.7 cm³/mol. The van der Waals surface area contributed by atoms with Gasteiger partial charge < -0.3 is 0 Å². The highest BCUT2D eigenvalue weighted by atomic mass is 32.2. The summed E-state index contributed by atoms with van der Waals surface area (Å²) < 4.78 is 0. The molecule has 52 valence electrons. The van der Waals surface area contributed by atoms with Gasteiger partial charge in [0.1, 0.15) is 0 Å². The molecule has 1 aliphatic heterocycles. The molecule has 1 aliphatic carbocycles. The zero-order valence-corrected chi connectivity index (χ0v) is 6.79. The Morgan fingerprint density at radius 1 is 1.11 bits per heavy atom. The first-order chi connectivity index (χ1) is 4.36. The van der Waals surface area contributed by atoms with Crippen LogP contribution in [0, 0.1) is 17.8 Å². The Morgan fingerprint density at radius 3 is 2.22 bits per heavy atom. The van der Waals surface area contributed by atoms with E-state index in [-0.39, 0.29) is 0 Å². The Morgan fingerprint density at radius 2 is 1.67 bits per heavy atom. The van der Waals surface area contributed by atoms with Crippen LogP contribution in [0.4, 0.5) is 0 Å². The highest BCUT2D eigenvalue weighted by Crippen LogP contribution is 2.44. The van der Waals surface area contributed by atoms with Crippen LogP contribution >= 0.6 is 11.8 Å². The van der Waals surface area contributed by atoms with E-state index in [9.17, 15) is 0 Å². The van der Waals surface area contributed by atoms with Crippen LogP contribution in [0.3, 0.4) is 0 Å². The zero-order chi connectivity index (χ0) is 6.27. The summed E-state index contributed by atoms with van der Waals surface area (Å²) >= 11 is 2.17. The van der Waals surface area contributed by atoms with E-state index in [0.717, 1.165) is 17.8 Å². The Labute approximate surface area is 61.4 Å². The summed E-state index contributed by atoms with van der Waals surface area (Å²) in [7, 11) is 0.